The molecular weight excluding hydrogens is 206 g/mol. The van der Waals surface area contributed by atoms with E-state index in [4.69, 9.17) is 0 Å². The summed E-state index contributed by atoms with van der Waals surface area (Å²) in [6.07, 6.45) is 0. The molecule has 1 heteroatoms. The lowest BCUT2D eigenvalue weighted by Crippen LogP contribution is -2.41. The third-order valence-electron chi connectivity index (χ3n) is 4.14. The second-order valence-electron chi connectivity index (χ2n) is 5.34. The standard InChI is InChI=1S/C16H22N/c1-5-17(3,4)13(2)15-12-8-10-14-9-6-7-11-16(14)15/h6-13H,5H2,1-4H3/q+1. The van der Waals surface area contributed by atoms with Gasteiger partial charge in [0.05, 0.1) is 20.6 Å². The topological polar surface area (TPSA) is 0 Å². The van der Waals surface area contributed by atoms with E-state index in [1.54, 1.807) is 0 Å². The van der Waals surface area contributed by atoms with Crippen LogP contribution in [-0.4, -0.2) is 25.1 Å². The van der Waals surface area contributed by atoms with Crippen LogP contribution >= 0.6 is 0 Å². The largest absolute Gasteiger partial charge is 0.323 e. The highest BCUT2D eigenvalue weighted by Crippen LogP contribution is 2.30. The molecular formula is C16H22N+. The third-order valence-corrected chi connectivity index (χ3v) is 4.14. The Morgan fingerprint density at radius 2 is 1.65 bits per heavy atom. The molecule has 90 valence electrons. The van der Waals surface area contributed by atoms with E-state index in [9.17, 15) is 0 Å². The molecule has 0 aliphatic rings. The minimum atomic E-state index is 0.520. The van der Waals surface area contributed by atoms with Gasteiger partial charge in [0, 0.05) is 5.56 Å². The Bertz CT molecular complexity index is 508. The van der Waals surface area contributed by atoms with Gasteiger partial charge in [-0.25, -0.2) is 0 Å². The van der Waals surface area contributed by atoms with Crippen LogP contribution in [0.4, 0.5) is 0 Å². The molecule has 2 rings (SSSR count). The van der Waals surface area contributed by atoms with Crippen molar-refractivity contribution < 1.29 is 4.48 Å². The van der Waals surface area contributed by atoms with E-state index in [0.717, 1.165) is 11.0 Å². The molecule has 0 fully saturated rings. The number of rotatable bonds is 3. The normalized spacial score (nSPS) is 13.9. The fraction of sp³-hybridized carbons (Fsp3) is 0.375. The molecule has 0 amide bonds. The van der Waals surface area contributed by atoms with Crippen LogP contribution in [0.15, 0.2) is 42.5 Å². The molecule has 0 spiro atoms. The van der Waals surface area contributed by atoms with E-state index in [1.165, 1.54) is 16.3 Å². The van der Waals surface area contributed by atoms with Gasteiger partial charge in [-0.15, -0.1) is 0 Å². The van der Waals surface area contributed by atoms with Crippen molar-refractivity contribution in [1.82, 2.24) is 0 Å². The molecule has 0 N–H and O–H groups in total. The first kappa shape index (κ1) is 12.1. The van der Waals surface area contributed by atoms with Crippen LogP contribution in [0.25, 0.3) is 10.8 Å². The fourth-order valence-electron chi connectivity index (χ4n) is 2.27. The first-order valence-corrected chi connectivity index (χ1v) is 6.36. The van der Waals surface area contributed by atoms with Gasteiger partial charge in [0.25, 0.3) is 0 Å². The second-order valence-corrected chi connectivity index (χ2v) is 5.34. The Morgan fingerprint density at radius 1 is 1.00 bits per heavy atom. The van der Waals surface area contributed by atoms with Gasteiger partial charge in [-0.3, -0.25) is 0 Å². The van der Waals surface area contributed by atoms with E-state index < -0.39 is 0 Å². The monoisotopic (exact) mass is 228 g/mol. The summed E-state index contributed by atoms with van der Waals surface area (Å²) in [6.45, 7) is 5.72. The number of nitrogens with zero attached hydrogens (tertiary/aromatic N) is 1. The molecule has 2 aromatic carbocycles. The molecule has 0 aliphatic carbocycles. The van der Waals surface area contributed by atoms with E-state index in [2.05, 4.69) is 70.4 Å². The summed E-state index contributed by atoms with van der Waals surface area (Å²) in [5.74, 6) is 0. The van der Waals surface area contributed by atoms with Crippen molar-refractivity contribution in [3.05, 3.63) is 48.0 Å². The zero-order valence-electron chi connectivity index (χ0n) is 11.3. The number of hydrogen-bond donors (Lipinski definition) is 0. The molecule has 0 saturated heterocycles. The van der Waals surface area contributed by atoms with Crippen LogP contribution in [0.3, 0.4) is 0 Å². The quantitative estimate of drug-likeness (QED) is 0.697. The van der Waals surface area contributed by atoms with Crippen molar-refractivity contribution in [2.45, 2.75) is 19.9 Å². The third kappa shape index (κ3) is 2.20. The average Bonchev–Trinajstić information content (AvgIpc) is 2.37. The maximum absolute atomic E-state index is 2.32. The second kappa shape index (κ2) is 4.50. The first-order valence-electron chi connectivity index (χ1n) is 6.36. The van der Waals surface area contributed by atoms with Gasteiger partial charge in [0.1, 0.15) is 6.04 Å². The van der Waals surface area contributed by atoms with Gasteiger partial charge in [-0.2, -0.15) is 0 Å². The van der Waals surface area contributed by atoms with Gasteiger partial charge in [-0.1, -0.05) is 42.5 Å². The predicted octanol–water partition coefficient (Wildman–Crippen LogP) is 4.00. The van der Waals surface area contributed by atoms with Crippen LogP contribution in [0, 0.1) is 0 Å². The summed E-state index contributed by atoms with van der Waals surface area (Å²) in [5.41, 5.74) is 1.45. The molecule has 17 heavy (non-hydrogen) atoms. The van der Waals surface area contributed by atoms with Crippen LogP contribution in [0.2, 0.25) is 0 Å². The van der Waals surface area contributed by atoms with Gasteiger partial charge >= 0.3 is 0 Å². The summed E-state index contributed by atoms with van der Waals surface area (Å²) in [5, 5.41) is 2.73. The maximum Gasteiger partial charge on any atom is 0.112 e. The first-order chi connectivity index (χ1) is 8.06. The Labute approximate surface area is 104 Å². The summed E-state index contributed by atoms with van der Waals surface area (Å²) >= 11 is 0. The Kier molecular flexibility index (Phi) is 3.21. The van der Waals surface area contributed by atoms with Crippen LogP contribution < -0.4 is 0 Å². The smallest absolute Gasteiger partial charge is 0.112 e. The van der Waals surface area contributed by atoms with Gasteiger partial charge in [0.2, 0.25) is 0 Å². The van der Waals surface area contributed by atoms with Crippen molar-refractivity contribution in [3.8, 4) is 0 Å². The minimum Gasteiger partial charge on any atom is -0.323 e. The number of fused-ring (bicyclic) bond motifs is 1. The SMILES string of the molecule is CC[N+](C)(C)C(C)c1cccc2ccccc12. The Hall–Kier alpha value is -1.34. The van der Waals surface area contributed by atoms with Crippen LogP contribution in [0.5, 0.6) is 0 Å². The summed E-state index contributed by atoms with van der Waals surface area (Å²) in [7, 11) is 4.60. The van der Waals surface area contributed by atoms with Crippen LogP contribution in [0.1, 0.15) is 25.5 Å². The summed E-state index contributed by atoms with van der Waals surface area (Å²) in [6, 6.07) is 15.8. The van der Waals surface area contributed by atoms with Crippen molar-refractivity contribution in [3.63, 3.8) is 0 Å². The molecule has 0 radical (unpaired) electrons. The van der Waals surface area contributed by atoms with Gasteiger partial charge < -0.3 is 4.48 Å². The number of quaternary nitrogens is 1. The lowest BCUT2D eigenvalue weighted by atomic mass is 9.98. The molecule has 0 aromatic heterocycles. The molecule has 1 unspecified atom stereocenters. The molecule has 0 saturated carbocycles. The highest BCUT2D eigenvalue weighted by molar-refractivity contribution is 5.85. The molecule has 2 aromatic rings. The summed E-state index contributed by atoms with van der Waals surface area (Å²) in [4.78, 5) is 0. The molecule has 0 heterocycles. The lowest BCUT2D eigenvalue weighted by Gasteiger charge is -2.35. The fourth-order valence-corrected chi connectivity index (χ4v) is 2.27. The number of benzene rings is 2. The van der Waals surface area contributed by atoms with E-state index in [0.29, 0.717) is 6.04 Å². The highest BCUT2D eigenvalue weighted by Gasteiger charge is 2.24. The zero-order chi connectivity index (χ0) is 12.5. The molecule has 1 nitrogen and oxygen atoms in total. The molecule has 1 atom stereocenters. The van der Waals surface area contributed by atoms with Gasteiger partial charge in [0.15, 0.2) is 0 Å². The van der Waals surface area contributed by atoms with Crippen molar-refractivity contribution >= 4 is 10.8 Å². The van der Waals surface area contributed by atoms with Crippen molar-refractivity contribution in [1.29, 1.82) is 0 Å². The Balaban J connectivity index is 2.56. The highest BCUT2D eigenvalue weighted by atomic mass is 15.3. The number of hydrogen-bond acceptors (Lipinski definition) is 0. The van der Waals surface area contributed by atoms with Crippen LogP contribution in [-0.2, 0) is 0 Å². The molecule has 0 bridgehead atoms. The van der Waals surface area contributed by atoms with Crippen molar-refractivity contribution in [2.24, 2.45) is 0 Å². The minimum absolute atomic E-state index is 0.520. The van der Waals surface area contributed by atoms with E-state index in [1.807, 2.05) is 0 Å². The Morgan fingerprint density at radius 3 is 2.35 bits per heavy atom. The average molecular weight is 228 g/mol. The zero-order valence-corrected chi connectivity index (χ0v) is 11.3. The lowest BCUT2D eigenvalue weighted by molar-refractivity contribution is -0.917. The van der Waals surface area contributed by atoms with E-state index >= 15 is 0 Å². The summed E-state index contributed by atoms with van der Waals surface area (Å²) < 4.78 is 1.02. The van der Waals surface area contributed by atoms with Gasteiger partial charge in [-0.05, 0) is 24.6 Å². The maximum atomic E-state index is 2.32. The predicted molar refractivity (Wildman–Crippen MR) is 75.0 cm³/mol. The van der Waals surface area contributed by atoms with Crippen molar-refractivity contribution in [2.75, 3.05) is 20.6 Å². The molecule has 0 aliphatic heterocycles. The van der Waals surface area contributed by atoms with E-state index in [-0.39, 0.29) is 0 Å².